The summed E-state index contributed by atoms with van der Waals surface area (Å²) in [5.41, 5.74) is 6.18. The maximum absolute atomic E-state index is 13.4. The zero-order valence-electron chi connectivity index (χ0n) is 17.0. The van der Waals surface area contributed by atoms with Crippen LogP contribution in [0.5, 0.6) is 0 Å². The molecule has 4 aromatic rings. The van der Waals surface area contributed by atoms with Crippen molar-refractivity contribution in [2.45, 2.75) is 27.3 Å². The normalized spacial score (nSPS) is 11.9. The van der Waals surface area contributed by atoms with Crippen LogP contribution in [-0.4, -0.2) is 21.1 Å². The molecule has 0 saturated heterocycles. The molecular weight excluding hydrogens is 363 g/mol. The van der Waals surface area contributed by atoms with E-state index in [0.29, 0.717) is 0 Å². The number of fused-ring (bicyclic) bond motifs is 1. The van der Waals surface area contributed by atoms with Crippen molar-refractivity contribution in [3.8, 4) is 22.4 Å². The Morgan fingerprint density at radius 1 is 0.931 bits per heavy atom. The highest BCUT2D eigenvalue weighted by molar-refractivity contribution is 5.92. The molecule has 0 atom stereocenters. The van der Waals surface area contributed by atoms with Crippen molar-refractivity contribution in [3.05, 3.63) is 78.5 Å². The number of nitrogens with one attached hydrogen (secondary N) is 1. The van der Waals surface area contributed by atoms with Gasteiger partial charge in [0.05, 0.1) is 5.52 Å². The third kappa shape index (κ3) is 4.35. The van der Waals surface area contributed by atoms with Gasteiger partial charge >= 0.3 is 0 Å². The van der Waals surface area contributed by atoms with E-state index in [4.69, 9.17) is 5.10 Å². The molecule has 4 nitrogen and oxygen atoms in total. The lowest BCUT2D eigenvalue weighted by atomic mass is 9.97. The van der Waals surface area contributed by atoms with E-state index in [9.17, 15) is 4.39 Å². The zero-order valence-corrected chi connectivity index (χ0v) is 17.0. The molecule has 1 aromatic carbocycles. The maximum Gasteiger partial charge on any atom is 0.123 e. The first-order valence-corrected chi connectivity index (χ1v) is 9.79. The van der Waals surface area contributed by atoms with Crippen molar-refractivity contribution >= 4 is 5.52 Å². The Bertz CT molecular complexity index is 1110. The Kier molecular flexibility index (Phi) is 5.16. The molecule has 0 unspecified atom stereocenters. The van der Waals surface area contributed by atoms with E-state index in [0.717, 1.165) is 46.6 Å². The quantitative estimate of drug-likeness (QED) is 0.502. The number of hydrogen-bond donors (Lipinski definition) is 1. The third-order valence-corrected chi connectivity index (χ3v) is 4.76. The van der Waals surface area contributed by atoms with Gasteiger partial charge in [-0.15, -0.1) is 0 Å². The molecule has 3 aromatic heterocycles. The number of aromatic nitrogens is 3. The zero-order chi connectivity index (χ0) is 20.4. The van der Waals surface area contributed by atoms with Gasteiger partial charge in [0, 0.05) is 42.8 Å². The summed E-state index contributed by atoms with van der Waals surface area (Å²) in [4.78, 5) is 4.13. The fraction of sp³-hybridized carbons (Fsp3) is 0.250. The largest absolute Gasteiger partial charge is 0.312 e. The number of pyridine rings is 2. The van der Waals surface area contributed by atoms with Crippen LogP contribution >= 0.6 is 0 Å². The van der Waals surface area contributed by atoms with Crippen molar-refractivity contribution in [3.63, 3.8) is 0 Å². The molecule has 0 radical (unpaired) electrons. The SMILES string of the molecule is CC(C)(C)CNCc1ccc2c(-c3ccncc3)c(-c3ccc(F)cc3)nn2c1. The van der Waals surface area contributed by atoms with E-state index >= 15 is 0 Å². The minimum absolute atomic E-state index is 0.236. The van der Waals surface area contributed by atoms with Crippen LogP contribution < -0.4 is 5.32 Å². The van der Waals surface area contributed by atoms with E-state index < -0.39 is 0 Å². The smallest absolute Gasteiger partial charge is 0.123 e. The predicted octanol–water partition coefficient (Wildman–Crippen LogP) is 5.34. The highest BCUT2D eigenvalue weighted by Crippen LogP contribution is 2.35. The molecule has 0 spiro atoms. The predicted molar refractivity (Wildman–Crippen MR) is 115 cm³/mol. The van der Waals surface area contributed by atoms with E-state index in [1.165, 1.54) is 12.1 Å². The van der Waals surface area contributed by atoms with Crippen LogP contribution in [0.4, 0.5) is 4.39 Å². The van der Waals surface area contributed by atoms with E-state index in [1.54, 1.807) is 24.5 Å². The average molecular weight is 388 g/mol. The lowest BCUT2D eigenvalue weighted by Crippen LogP contribution is -2.26. The summed E-state index contributed by atoms with van der Waals surface area (Å²) in [6.07, 6.45) is 5.61. The Labute approximate surface area is 170 Å². The molecule has 3 heterocycles. The van der Waals surface area contributed by atoms with Crippen molar-refractivity contribution in [2.75, 3.05) is 6.54 Å². The Hall–Kier alpha value is -3.05. The number of hydrogen-bond acceptors (Lipinski definition) is 3. The van der Waals surface area contributed by atoms with Gasteiger partial charge in [-0.2, -0.15) is 5.10 Å². The van der Waals surface area contributed by atoms with Crippen LogP contribution in [0.1, 0.15) is 26.3 Å². The van der Waals surface area contributed by atoms with Crippen LogP contribution in [0.2, 0.25) is 0 Å². The molecular formula is C24H25FN4. The number of rotatable bonds is 5. The molecule has 0 fully saturated rings. The first-order chi connectivity index (χ1) is 13.9. The van der Waals surface area contributed by atoms with Gasteiger partial charge in [-0.05, 0) is 59.0 Å². The molecule has 4 rings (SSSR count). The van der Waals surface area contributed by atoms with Crippen LogP contribution in [0.3, 0.4) is 0 Å². The fourth-order valence-electron chi connectivity index (χ4n) is 3.39. The monoisotopic (exact) mass is 388 g/mol. The molecule has 29 heavy (non-hydrogen) atoms. The first kappa shape index (κ1) is 19.3. The lowest BCUT2D eigenvalue weighted by Gasteiger charge is -2.18. The van der Waals surface area contributed by atoms with Crippen LogP contribution in [-0.2, 0) is 6.54 Å². The van der Waals surface area contributed by atoms with Gasteiger partial charge in [-0.25, -0.2) is 8.91 Å². The second-order valence-corrected chi connectivity index (χ2v) is 8.50. The average Bonchev–Trinajstić information content (AvgIpc) is 3.07. The minimum Gasteiger partial charge on any atom is -0.312 e. The van der Waals surface area contributed by atoms with E-state index in [1.807, 2.05) is 16.6 Å². The van der Waals surface area contributed by atoms with Crippen LogP contribution in [0, 0.1) is 11.2 Å². The molecule has 0 aliphatic heterocycles. The topological polar surface area (TPSA) is 42.2 Å². The summed E-state index contributed by atoms with van der Waals surface area (Å²) in [5, 5.41) is 8.36. The van der Waals surface area contributed by atoms with Gasteiger partial charge in [0.1, 0.15) is 11.5 Å². The maximum atomic E-state index is 13.4. The second-order valence-electron chi connectivity index (χ2n) is 8.50. The van der Waals surface area contributed by atoms with Crippen LogP contribution in [0.25, 0.3) is 27.9 Å². The summed E-state index contributed by atoms with van der Waals surface area (Å²) >= 11 is 0. The Morgan fingerprint density at radius 2 is 1.66 bits per heavy atom. The van der Waals surface area contributed by atoms with Crippen molar-refractivity contribution in [2.24, 2.45) is 5.41 Å². The Morgan fingerprint density at radius 3 is 2.34 bits per heavy atom. The van der Waals surface area contributed by atoms with E-state index in [-0.39, 0.29) is 11.2 Å². The first-order valence-electron chi connectivity index (χ1n) is 9.79. The minimum atomic E-state index is -0.254. The van der Waals surface area contributed by atoms with Gasteiger partial charge in [0.15, 0.2) is 0 Å². The highest BCUT2D eigenvalue weighted by atomic mass is 19.1. The summed E-state index contributed by atoms with van der Waals surface area (Å²) in [6.45, 7) is 8.36. The number of halogens is 1. The van der Waals surface area contributed by atoms with Crippen molar-refractivity contribution < 1.29 is 4.39 Å². The molecule has 5 heteroatoms. The van der Waals surface area contributed by atoms with Crippen molar-refractivity contribution in [1.82, 2.24) is 19.9 Å². The van der Waals surface area contributed by atoms with Crippen LogP contribution in [0.15, 0.2) is 67.1 Å². The summed E-state index contributed by atoms with van der Waals surface area (Å²) < 4.78 is 15.4. The summed E-state index contributed by atoms with van der Waals surface area (Å²) in [7, 11) is 0. The highest BCUT2D eigenvalue weighted by Gasteiger charge is 2.17. The second kappa shape index (κ2) is 7.76. The summed E-state index contributed by atoms with van der Waals surface area (Å²) in [6, 6.07) is 14.7. The molecule has 0 aliphatic carbocycles. The van der Waals surface area contributed by atoms with Gasteiger partial charge in [0.2, 0.25) is 0 Å². The van der Waals surface area contributed by atoms with Gasteiger partial charge in [-0.3, -0.25) is 4.98 Å². The Balaban J connectivity index is 1.77. The molecule has 148 valence electrons. The van der Waals surface area contributed by atoms with Gasteiger partial charge < -0.3 is 5.32 Å². The van der Waals surface area contributed by atoms with Gasteiger partial charge in [0.25, 0.3) is 0 Å². The third-order valence-electron chi connectivity index (χ3n) is 4.76. The molecule has 0 bridgehead atoms. The lowest BCUT2D eigenvalue weighted by molar-refractivity contribution is 0.379. The van der Waals surface area contributed by atoms with Crippen molar-refractivity contribution in [1.29, 1.82) is 0 Å². The molecule has 0 aliphatic rings. The van der Waals surface area contributed by atoms with Gasteiger partial charge in [-0.1, -0.05) is 26.8 Å². The fourth-order valence-corrected chi connectivity index (χ4v) is 3.39. The number of benzene rings is 1. The summed E-state index contributed by atoms with van der Waals surface area (Å²) in [5.74, 6) is -0.254. The molecule has 0 amide bonds. The standard InChI is InChI=1S/C24H25FN4/c1-24(2,3)16-27-14-17-4-9-21-22(18-10-12-26-13-11-18)23(28-29(21)15-17)19-5-7-20(25)8-6-19/h4-13,15,27H,14,16H2,1-3H3. The molecule has 0 saturated carbocycles. The number of nitrogens with zero attached hydrogens (tertiary/aromatic N) is 3. The molecule has 1 N–H and O–H groups in total. The van der Waals surface area contributed by atoms with E-state index in [2.05, 4.69) is 49.4 Å².